The smallest absolute Gasteiger partial charge is 0.272 e. The van der Waals surface area contributed by atoms with Gasteiger partial charge in [0.2, 0.25) is 0 Å². The Morgan fingerprint density at radius 2 is 2.06 bits per heavy atom. The van der Waals surface area contributed by atoms with E-state index in [0.717, 1.165) is 13.1 Å². The Bertz CT molecular complexity index is 420. The fraction of sp³-hybridized carbons (Fsp3) is 0.500. The molecule has 1 saturated heterocycles. The van der Waals surface area contributed by atoms with Gasteiger partial charge in [0.25, 0.3) is 5.91 Å². The van der Waals surface area contributed by atoms with Crippen molar-refractivity contribution in [3.05, 3.63) is 28.5 Å². The highest BCUT2D eigenvalue weighted by molar-refractivity contribution is 9.10. The number of aromatic nitrogens is 1. The topological polar surface area (TPSA) is 56.7 Å². The molecule has 5 nitrogen and oxygen atoms in total. The Morgan fingerprint density at radius 1 is 1.33 bits per heavy atom. The van der Waals surface area contributed by atoms with Crippen LogP contribution in [0.15, 0.2) is 22.8 Å². The predicted octanol–water partition coefficient (Wildman–Crippen LogP) is 0.594. The van der Waals surface area contributed by atoms with Crippen LogP contribution in [0.3, 0.4) is 0 Å². The summed E-state index contributed by atoms with van der Waals surface area (Å²) in [6.45, 7) is 3.83. The Hall–Kier alpha value is -0.980. The summed E-state index contributed by atoms with van der Waals surface area (Å²) in [4.78, 5) is 20.3. The fourth-order valence-corrected chi connectivity index (χ4v) is 2.35. The lowest BCUT2D eigenvalue weighted by Crippen LogP contribution is -2.49. The van der Waals surface area contributed by atoms with Crippen LogP contribution in [0.4, 0.5) is 0 Å². The van der Waals surface area contributed by atoms with E-state index in [9.17, 15) is 4.79 Å². The first-order chi connectivity index (χ1) is 8.70. The molecular formula is C12H16BrN3O2. The van der Waals surface area contributed by atoms with Gasteiger partial charge < -0.3 is 10.0 Å². The first-order valence-electron chi connectivity index (χ1n) is 5.96. The number of β-amino-alcohol motifs (C(OH)–C–C–N with tert-alkyl or cyclic N) is 1. The van der Waals surface area contributed by atoms with Crippen LogP contribution in [-0.4, -0.2) is 65.1 Å². The van der Waals surface area contributed by atoms with E-state index in [4.69, 9.17) is 5.11 Å². The number of carbonyl (C=O) groups excluding carboxylic acids is 1. The van der Waals surface area contributed by atoms with Gasteiger partial charge in [-0.15, -0.1) is 0 Å². The van der Waals surface area contributed by atoms with E-state index in [1.165, 1.54) is 0 Å². The summed E-state index contributed by atoms with van der Waals surface area (Å²) in [5.74, 6) is -0.0278. The van der Waals surface area contributed by atoms with Gasteiger partial charge in [0.05, 0.1) is 6.61 Å². The lowest BCUT2D eigenvalue weighted by molar-refractivity contribution is 0.0609. The maximum absolute atomic E-state index is 12.2. The van der Waals surface area contributed by atoms with Crippen molar-refractivity contribution in [3.8, 4) is 0 Å². The molecule has 98 valence electrons. The lowest BCUT2D eigenvalue weighted by atomic mass is 10.2. The highest BCUT2D eigenvalue weighted by Gasteiger charge is 2.22. The Kier molecular flexibility index (Phi) is 4.68. The maximum atomic E-state index is 12.2. The number of carbonyl (C=O) groups is 1. The zero-order valence-corrected chi connectivity index (χ0v) is 11.6. The molecule has 2 heterocycles. The van der Waals surface area contributed by atoms with Crippen LogP contribution in [0.25, 0.3) is 0 Å². The first-order valence-corrected chi connectivity index (χ1v) is 6.75. The molecule has 1 aromatic heterocycles. The molecule has 0 bridgehead atoms. The number of hydrogen-bond donors (Lipinski definition) is 1. The second-order valence-electron chi connectivity index (χ2n) is 4.20. The number of aliphatic hydroxyl groups excluding tert-OH is 1. The second-order valence-corrected chi connectivity index (χ2v) is 5.02. The molecule has 1 amide bonds. The molecule has 0 aromatic carbocycles. The summed E-state index contributed by atoms with van der Waals surface area (Å²) in [7, 11) is 0. The van der Waals surface area contributed by atoms with Crippen molar-refractivity contribution in [2.24, 2.45) is 0 Å². The van der Waals surface area contributed by atoms with Gasteiger partial charge >= 0.3 is 0 Å². The molecule has 0 radical (unpaired) electrons. The average Bonchev–Trinajstić information content (AvgIpc) is 2.39. The van der Waals surface area contributed by atoms with Gasteiger partial charge in [-0.3, -0.25) is 9.69 Å². The second kappa shape index (κ2) is 6.26. The van der Waals surface area contributed by atoms with Gasteiger partial charge in [-0.25, -0.2) is 4.98 Å². The van der Waals surface area contributed by atoms with Crippen molar-refractivity contribution in [1.29, 1.82) is 0 Å². The zero-order chi connectivity index (χ0) is 13.0. The number of piperazine rings is 1. The van der Waals surface area contributed by atoms with Gasteiger partial charge in [0.1, 0.15) is 10.3 Å². The molecule has 0 unspecified atom stereocenters. The van der Waals surface area contributed by atoms with E-state index in [-0.39, 0.29) is 12.5 Å². The van der Waals surface area contributed by atoms with Crippen molar-refractivity contribution in [2.75, 3.05) is 39.3 Å². The highest BCUT2D eigenvalue weighted by atomic mass is 79.9. The third-order valence-electron chi connectivity index (χ3n) is 3.01. The number of aliphatic hydroxyl groups is 1. The molecule has 1 aliphatic rings. The molecule has 18 heavy (non-hydrogen) atoms. The minimum atomic E-state index is -0.0278. The number of nitrogens with zero attached hydrogens (tertiary/aromatic N) is 3. The summed E-state index contributed by atoms with van der Waals surface area (Å²) in [5.41, 5.74) is 0.472. The van der Waals surface area contributed by atoms with Crippen LogP contribution in [0.1, 0.15) is 10.5 Å². The zero-order valence-electron chi connectivity index (χ0n) is 10.0. The van der Waals surface area contributed by atoms with E-state index < -0.39 is 0 Å². The molecule has 2 rings (SSSR count). The van der Waals surface area contributed by atoms with Gasteiger partial charge in [-0.2, -0.15) is 0 Å². The van der Waals surface area contributed by atoms with Gasteiger partial charge in [-0.1, -0.05) is 6.07 Å². The highest BCUT2D eigenvalue weighted by Crippen LogP contribution is 2.10. The number of pyridine rings is 1. The number of halogens is 1. The van der Waals surface area contributed by atoms with Crippen molar-refractivity contribution in [3.63, 3.8) is 0 Å². The van der Waals surface area contributed by atoms with E-state index in [0.29, 0.717) is 29.9 Å². The number of amides is 1. The minimum absolute atomic E-state index is 0.0278. The molecule has 0 atom stereocenters. The third kappa shape index (κ3) is 3.28. The number of hydrogen-bond acceptors (Lipinski definition) is 4. The molecule has 1 fully saturated rings. The normalized spacial score (nSPS) is 16.9. The molecule has 1 N–H and O–H groups in total. The van der Waals surface area contributed by atoms with Gasteiger partial charge in [0, 0.05) is 32.7 Å². The van der Waals surface area contributed by atoms with Gasteiger partial charge in [-0.05, 0) is 28.1 Å². The largest absolute Gasteiger partial charge is 0.395 e. The fourth-order valence-electron chi connectivity index (χ4n) is 2.01. The Labute approximate surface area is 115 Å². The quantitative estimate of drug-likeness (QED) is 0.830. The van der Waals surface area contributed by atoms with E-state index in [2.05, 4.69) is 25.8 Å². The molecular weight excluding hydrogens is 298 g/mol. The van der Waals surface area contributed by atoms with Crippen molar-refractivity contribution >= 4 is 21.8 Å². The number of rotatable bonds is 3. The molecule has 0 saturated carbocycles. The van der Waals surface area contributed by atoms with Crippen LogP contribution < -0.4 is 0 Å². The summed E-state index contributed by atoms with van der Waals surface area (Å²) < 4.78 is 0.673. The van der Waals surface area contributed by atoms with E-state index in [1.54, 1.807) is 12.1 Å². The first kappa shape index (κ1) is 13.5. The monoisotopic (exact) mass is 313 g/mol. The van der Waals surface area contributed by atoms with Crippen LogP contribution in [0.5, 0.6) is 0 Å². The van der Waals surface area contributed by atoms with Crippen LogP contribution in [0.2, 0.25) is 0 Å². The molecule has 0 spiro atoms. The third-order valence-corrected chi connectivity index (χ3v) is 3.45. The average molecular weight is 314 g/mol. The van der Waals surface area contributed by atoms with Crippen LogP contribution in [-0.2, 0) is 0 Å². The van der Waals surface area contributed by atoms with E-state index in [1.807, 2.05) is 11.0 Å². The van der Waals surface area contributed by atoms with Crippen molar-refractivity contribution < 1.29 is 9.90 Å². The van der Waals surface area contributed by atoms with Crippen molar-refractivity contribution in [1.82, 2.24) is 14.8 Å². The standard InChI is InChI=1S/C12H16BrN3O2/c13-11-3-1-2-10(14-11)12(18)16-6-4-15(5-7-16)8-9-17/h1-3,17H,4-9H2. The molecule has 6 heteroatoms. The Balaban J connectivity index is 1.95. The molecule has 1 aromatic rings. The van der Waals surface area contributed by atoms with Crippen molar-refractivity contribution in [2.45, 2.75) is 0 Å². The predicted molar refractivity (Wildman–Crippen MR) is 71.4 cm³/mol. The minimum Gasteiger partial charge on any atom is -0.395 e. The van der Waals surface area contributed by atoms with Gasteiger partial charge in [0.15, 0.2) is 0 Å². The maximum Gasteiger partial charge on any atom is 0.272 e. The summed E-state index contributed by atoms with van der Waals surface area (Å²) >= 11 is 3.27. The summed E-state index contributed by atoms with van der Waals surface area (Å²) in [5, 5.41) is 8.86. The van der Waals surface area contributed by atoms with Crippen LogP contribution >= 0.6 is 15.9 Å². The molecule has 0 aliphatic carbocycles. The van der Waals surface area contributed by atoms with E-state index >= 15 is 0 Å². The summed E-state index contributed by atoms with van der Waals surface area (Å²) in [6.07, 6.45) is 0. The van der Waals surface area contributed by atoms with Crippen LogP contribution in [0, 0.1) is 0 Å². The Morgan fingerprint density at radius 3 is 2.67 bits per heavy atom. The summed E-state index contributed by atoms with van der Waals surface area (Å²) in [6, 6.07) is 5.34. The molecule has 1 aliphatic heterocycles. The lowest BCUT2D eigenvalue weighted by Gasteiger charge is -2.34. The SMILES string of the molecule is O=C(c1cccc(Br)n1)N1CCN(CCO)CC1.